The van der Waals surface area contributed by atoms with Gasteiger partial charge in [-0.15, -0.1) is 0 Å². The Hall–Kier alpha value is -3.12. The summed E-state index contributed by atoms with van der Waals surface area (Å²) in [5.41, 5.74) is 3.96. The molecule has 0 unspecified atom stereocenters. The second-order valence-corrected chi connectivity index (χ2v) is 7.44. The van der Waals surface area contributed by atoms with Crippen molar-refractivity contribution >= 4 is 34.6 Å². The van der Waals surface area contributed by atoms with E-state index in [9.17, 15) is 9.18 Å². The van der Waals surface area contributed by atoms with Crippen molar-refractivity contribution < 1.29 is 13.6 Å². The minimum atomic E-state index is -0.329. The molecule has 0 atom stereocenters. The first-order valence-corrected chi connectivity index (χ1v) is 9.53. The standard InChI is InChI=1S/C22H17FN2O2S/c1-13-4-3-5-18(14(13)2)19-11-10-17(27-19)12-20-21(26)25-22(28-20)24-16-8-6-15(23)7-9-16/h3-12H,1-2H3,(H,24,25,26)/b20-12-. The van der Waals surface area contributed by atoms with Gasteiger partial charge in [-0.2, -0.15) is 0 Å². The topological polar surface area (TPSA) is 54.6 Å². The van der Waals surface area contributed by atoms with Crippen molar-refractivity contribution in [2.75, 3.05) is 0 Å². The number of nitrogens with zero attached hydrogens (tertiary/aromatic N) is 1. The van der Waals surface area contributed by atoms with Crippen molar-refractivity contribution in [1.82, 2.24) is 5.32 Å². The molecule has 1 aromatic heterocycles. The molecule has 1 aliphatic heterocycles. The summed E-state index contributed by atoms with van der Waals surface area (Å²) in [6.07, 6.45) is 1.70. The molecule has 6 heteroatoms. The van der Waals surface area contributed by atoms with Gasteiger partial charge in [-0.3, -0.25) is 4.79 Å². The van der Waals surface area contributed by atoms with E-state index in [1.165, 1.54) is 29.5 Å². The zero-order chi connectivity index (χ0) is 19.7. The van der Waals surface area contributed by atoms with Crippen LogP contribution in [-0.2, 0) is 4.79 Å². The molecule has 0 aliphatic carbocycles. The molecular formula is C22H17FN2O2S. The normalized spacial score (nSPS) is 16.8. The molecule has 2 aromatic carbocycles. The number of amidine groups is 1. The second kappa shape index (κ2) is 7.48. The third-order valence-electron chi connectivity index (χ3n) is 4.48. The number of halogens is 1. The van der Waals surface area contributed by atoms with E-state index >= 15 is 0 Å². The molecule has 3 aromatic rings. The average molecular weight is 392 g/mol. The first-order valence-electron chi connectivity index (χ1n) is 8.71. The summed E-state index contributed by atoms with van der Waals surface area (Å²) >= 11 is 1.22. The van der Waals surface area contributed by atoms with Crippen LogP contribution in [0.2, 0.25) is 0 Å². The molecule has 1 amide bonds. The lowest BCUT2D eigenvalue weighted by Crippen LogP contribution is -2.19. The van der Waals surface area contributed by atoms with Crippen LogP contribution in [0.1, 0.15) is 16.9 Å². The summed E-state index contributed by atoms with van der Waals surface area (Å²) < 4.78 is 18.9. The van der Waals surface area contributed by atoms with Crippen LogP contribution in [0.15, 0.2) is 68.9 Å². The van der Waals surface area contributed by atoms with Gasteiger partial charge < -0.3 is 9.73 Å². The minimum Gasteiger partial charge on any atom is -0.457 e. The van der Waals surface area contributed by atoms with Gasteiger partial charge in [-0.25, -0.2) is 9.38 Å². The lowest BCUT2D eigenvalue weighted by atomic mass is 10.0. The molecule has 140 valence electrons. The van der Waals surface area contributed by atoms with Crippen LogP contribution < -0.4 is 5.32 Å². The molecule has 2 heterocycles. The van der Waals surface area contributed by atoms with E-state index in [1.54, 1.807) is 18.2 Å². The van der Waals surface area contributed by atoms with Crippen LogP contribution in [0.25, 0.3) is 17.4 Å². The Morgan fingerprint density at radius 1 is 1.07 bits per heavy atom. The van der Waals surface area contributed by atoms with Gasteiger partial charge in [0, 0.05) is 11.6 Å². The SMILES string of the molecule is Cc1cccc(-c2ccc(/C=C3\SC(=Nc4ccc(F)cc4)NC3=O)o2)c1C. The van der Waals surface area contributed by atoms with Crippen molar-refractivity contribution in [2.45, 2.75) is 13.8 Å². The highest BCUT2D eigenvalue weighted by Gasteiger charge is 2.24. The molecule has 0 saturated carbocycles. The van der Waals surface area contributed by atoms with Gasteiger partial charge in [-0.05, 0) is 73.1 Å². The fourth-order valence-corrected chi connectivity index (χ4v) is 3.66. The predicted octanol–water partition coefficient (Wildman–Crippen LogP) is 5.59. The minimum absolute atomic E-state index is 0.240. The maximum atomic E-state index is 13.0. The number of benzene rings is 2. The van der Waals surface area contributed by atoms with Crippen LogP contribution in [0.3, 0.4) is 0 Å². The Morgan fingerprint density at radius 2 is 1.86 bits per heavy atom. The van der Waals surface area contributed by atoms with E-state index in [0.29, 0.717) is 21.5 Å². The molecule has 1 fully saturated rings. The van der Waals surface area contributed by atoms with E-state index in [2.05, 4.69) is 30.2 Å². The first-order chi connectivity index (χ1) is 13.5. The smallest absolute Gasteiger partial charge is 0.264 e. The summed E-state index contributed by atoms with van der Waals surface area (Å²) in [5.74, 6) is 0.786. The van der Waals surface area contributed by atoms with Gasteiger partial charge in [0.15, 0.2) is 5.17 Å². The fraction of sp³-hybridized carbons (Fsp3) is 0.0909. The number of rotatable bonds is 3. The number of thioether (sulfide) groups is 1. The highest BCUT2D eigenvalue weighted by atomic mass is 32.2. The van der Waals surface area contributed by atoms with Gasteiger partial charge in [0.2, 0.25) is 0 Å². The predicted molar refractivity (Wildman–Crippen MR) is 111 cm³/mol. The average Bonchev–Trinajstić information content (AvgIpc) is 3.26. The molecule has 1 aliphatic rings. The highest BCUT2D eigenvalue weighted by molar-refractivity contribution is 8.18. The number of furan rings is 1. The largest absolute Gasteiger partial charge is 0.457 e. The van der Waals surface area contributed by atoms with Gasteiger partial charge >= 0.3 is 0 Å². The Morgan fingerprint density at radius 3 is 2.64 bits per heavy atom. The number of aliphatic imine (C=N–C) groups is 1. The lowest BCUT2D eigenvalue weighted by molar-refractivity contribution is -0.115. The number of carbonyl (C=O) groups excluding carboxylic acids is 1. The highest BCUT2D eigenvalue weighted by Crippen LogP contribution is 2.31. The van der Waals surface area contributed by atoms with Crippen LogP contribution in [0.5, 0.6) is 0 Å². The zero-order valence-electron chi connectivity index (χ0n) is 15.3. The summed E-state index contributed by atoms with van der Waals surface area (Å²) in [7, 11) is 0. The number of aryl methyl sites for hydroxylation is 1. The number of carbonyl (C=O) groups is 1. The van der Waals surface area contributed by atoms with E-state index in [-0.39, 0.29) is 11.7 Å². The van der Waals surface area contributed by atoms with Gasteiger partial charge in [0.05, 0.1) is 10.6 Å². The van der Waals surface area contributed by atoms with Crippen LogP contribution >= 0.6 is 11.8 Å². The fourth-order valence-electron chi connectivity index (χ4n) is 2.84. The zero-order valence-corrected chi connectivity index (χ0v) is 16.1. The molecule has 0 spiro atoms. The van der Waals surface area contributed by atoms with Crippen LogP contribution in [0, 0.1) is 19.7 Å². The number of amides is 1. The maximum absolute atomic E-state index is 13.0. The molecule has 0 bridgehead atoms. The van der Waals surface area contributed by atoms with E-state index in [0.717, 1.165) is 16.9 Å². The van der Waals surface area contributed by atoms with Gasteiger partial charge in [0.25, 0.3) is 5.91 Å². The number of nitrogens with one attached hydrogen (secondary N) is 1. The maximum Gasteiger partial charge on any atom is 0.264 e. The molecule has 28 heavy (non-hydrogen) atoms. The molecule has 4 rings (SSSR count). The van der Waals surface area contributed by atoms with Crippen molar-refractivity contribution in [2.24, 2.45) is 4.99 Å². The Kier molecular flexibility index (Phi) is 4.88. The summed E-state index contributed by atoms with van der Waals surface area (Å²) in [6.45, 7) is 4.12. The molecule has 4 nitrogen and oxygen atoms in total. The number of hydrogen-bond donors (Lipinski definition) is 1. The van der Waals surface area contributed by atoms with E-state index in [1.807, 2.05) is 24.3 Å². The van der Waals surface area contributed by atoms with Crippen LogP contribution in [0.4, 0.5) is 10.1 Å². The van der Waals surface area contributed by atoms with Crippen molar-refractivity contribution in [3.8, 4) is 11.3 Å². The number of hydrogen-bond acceptors (Lipinski definition) is 4. The van der Waals surface area contributed by atoms with Crippen molar-refractivity contribution in [1.29, 1.82) is 0 Å². The Labute approximate surface area is 166 Å². The molecular weight excluding hydrogens is 375 g/mol. The molecule has 0 radical (unpaired) electrons. The van der Waals surface area contributed by atoms with Crippen molar-refractivity contribution in [3.05, 3.63) is 82.2 Å². The van der Waals surface area contributed by atoms with E-state index in [4.69, 9.17) is 4.42 Å². The first kappa shape index (κ1) is 18.3. The Balaban J connectivity index is 1.56. The third kappa shape index (κ3) is 3.77. The van der Waals surface area contributed by atoms with Crippen LogP contribution in [-0.4, -0.2) is 11.1 Å². The van der Waals surface area contributed by atoms with Gasteiger partial charge in [0.1, 0.15) is 17.3 Å². The van der Waals surface area contributed by atoms with E-state index < -0.39 is 0 Å². The van der Waals surface area contributed by atoms with Gasteiger partial charge in [-0.1, -0.05) is 18.2 Å². The lowest BCUT2D eigenvalue weighted by Gasteiger charge is -2.05. The monoisotopic (exact) mass is 392 g/mol. The van der Waals surface area contributed by atoms with Crippen molar-refractivity contribution in [3.63, 3.8) is 0 Å². The quantitative estimate of drug-likeness (QED) is 0.591. The summed E-state index contributed by atoms with van der Waals surface area (Å²) in [6, 6.07) is 15.6. The third-order valence-corrected chi connectivity index (χ3v) is 5.39. The molecule has 1 saturated heterocycles. The molecule has 1 N–H and O–H groups in total. The Bertz CT molecular complexity index is 1110. The summed E-state index contributed by atoms with van der Waals surface area (Å²) in [4.78, 5) is 17.0. The second-order valence-electron chi connectivity index (χ2n) is 6.41. The summed E-state index contributed by atoms with van der Waals surface area (Å²) in [5, 5.41) is 3.16.